The average molecular weight is 215 g/mol. The molecule has 0 bridgehead atoms. The van der Waals surface area contributed by atoms with Gasteiger partial charge in [0.15, 0.2) is 5.78 Å². The van der Waals surface area contributed by atoms with Crippen LogP contribution in [0, 0.1) is 5.82 Å². The number of aromatic nitrogens is 1. The van der Waals surface area contributed by atoms with Crippen molar-refractivity contribution in [1.29, 1.82) is 0 Å². The molecule has 0 aliphatic rings. The van der Waals surface area contributed by atoms with Crippen molar-refractivity contribution < 1.29 is 9.18 Å². The fourth-order valence-electron chi connectivity index (χ4n) is 1.43. The van der Waals surface area contributed by atoms with Crippen LogP contribution in [0.2, 0.25) is 0 Å². The number of carbonyl (C=O) groups is 1. The highest BCUT2D eigenvalue weighted by atomic mass is 19.1. The van der Waals surface area contributed by atoms with Crippen molar-refractivity contribution in [1.82, 2.24) is 4.98 Å². The van der Waals surface area contributed by atoms with E-state index in [0.717, 1.165) is 0 Å². The lowest BCUT2D eigenvalue weighted by atomic mass is 10.1. The molecule has 0 atom stereocenters. The minimum Gasteiger partial charge on any atom is -0.294 e. The molecule has 0 fully saturated rings. The van der Waals surface area contributed by atoms with Gasteiger partial charge in [-0.05, 0) is 12.1 Å². The van der Waals surface area contributed by atoms with Crippen LogP contribution in [-0.4, -0.2) is 10.8 Å². The first kappa shape index (κ1) is 10.5. The Kier molecular flexibility index (Phi) is 3.05. The fraction of sp³-hybridized carbons (Fsp3) is 0.0769. The van der Waals surface area contributed by atoms with E-state index in [1.165, 1.54) is 18.3 Å². The minimum atomic E-state index is -0.438. The molecule has 0 unspecified atom stereocenters. The molecule has 1 aromatic carbocycles. The summed E-state index contributed by atoms with van der Waals surface area (Å²) in [5.74, 6) is -0.565. The maximum Gasteiger partial charge on any atom is 0.168 e. The summed E-state index contributed by atoms with van der Waals surface area (Å²) in [5.41, 5.74) is 0.768. The molecule has 0 N–H and O–H groups in total. The lowest BCUT2D eigenvalue weighted by Crippen LogP contribution is -2.06. The van der Waals surface area contributed by atoms with E-state index in [4.69, 9.17) is 0 Å². The van der Waals surface area contributed by atoms with Crippen molar-refractivity contribution in [2.45, 2.75) is 6.42 Å². The molecule has 80 valence electrons. The third kappa shape index (κ3) is 2.31. The summed E-state index contributed by atoms with van der Waals surface area (Å²) in [7, 11) is 0. The van der Waals surface area contributed by atoms with Crippen LogP contribution < -0.4 is 0 Å². The Hall–Kier alpha value is -2.03. The summed E-state index contributed by atoms with van der Waals surface area (Å²) in [5, 5.41) is 0. The van der Waals surface area contributed by atoms with E-state index < -0.39 is 5.82 Å². The molecule has 0 amide bonds. The van der Waals surface area contributed by atoms with E-state index in [1.807, 2.05) is 6.07 Å². The van der Waals surface area contributed by atoms with Crippen LogP contribution >= 0.6 is 0 Å². The molecule has 1 aromatic heterocycles. The van der Waals surface area contributed by atoms with Crippen LogP contribution in [0.15, 0.2) is 48.7 Å². The van der Waals surface area contributed by atoms with Gasteiger partial charge in [0.1, 0.15) is 5.82 Å². The van der Waals surface area contributed by atoms with Gasteiger partial charge >= 0.3 is 0 Å². The highest BCUT2D eigenvalue weighted by Gasteiger charge is 2.10. The predicted octanol–water partition coefficient (Wildman–Crippen LogP) is 2.65. The highest BCUT2D eigenvalue weighted by molar-refractivity contribution is 5.97. The quantitative estimate of drug-likeness (QED) is 0.737. The number of carbonyl (C=O) groups excluding carboxylic acids is 1. The summed E-state index contributed by atoms with van der Waals surface area (Å²) in [6.07, 6.45) is 1.48. The number of pyridine rings is 1. The van der Waals surface area contributed by atoms with Gasteiger partial charge in [0.2, 0.25) is 0 Å². The van der Waals surface area contributed by atoms with Crippen LogP contribution in [-0.2, 0) is 6.42 Å². The number of ketones is 1. The van der Waals surface area contributed by atoms with E-state index in [-0.39, 0.29) is 17.9 Å². The minimum absolute atomic E-state index is 0.00329. The first-order valence-electron chi connectivity index (χ1n) is 4.95. The van der Waals surface area contributed by atoms with Crippen molar-refractivity contribution in [3.63, 3.8) is 0 Å². The second kappa shape index (κ2) is 4.66. The van der Waals surface area contributed by atoms with Gasteiger partial charge in [-0.1, -0.05) is 30.3 Å². The van der Waals surface area contributed by atoms with Gasteiger partial charge in [0.05, 0.1) is 12.1 Å². The standard InChI is InChI=1S/C13H10FNO/c14-11-7-4-8-15-12(11)9-13(16)10-5-2-1-3-6-10/h1-8H,9H2. The zero-order valence-electron chi connectivity index (χ0n) is 8.56. The maximum absolute atomic E-state index is 13.3. The number of halogens is 1. The van der Waals surface area contributed by atoms with Crippen LogP contribution in [0.5, 0.6) is 0 Å². The average Bonchev–Trinajstić information content (AvgIpc) is 2.33. The van der Waals surface area contributed by atoms with Gasteiger partial charge in [-0.15, -0.1) is 0 Å². The van der Waals surface area contributed by atoms with Crippen LogP contribution in [0.4, 0.5) is 4.39 Å². The van der Waals surface area contributed by atoms with Crippen LogP contribution in [0.25, 0.3) is 0 Å². The lowest BCUT2D eigenvalue weighted by molar-refractivity contribution is 0.0990. The zero-order chi connectivity index (χ0) is 11.4. The molecule has 16 heavy (non-hydrogen) atoms. The summed E-state index contributed by atoms with van der Waals surface area (Å²) in [4.78, 5) is 15.6. The van der Waals surface area contributed by atoms with Gasteiger partial charge in [0, 0.05) is 11.8 Å². The summed E-state index contributed by atoms with van der Waals surface area (Å²) in [6.45, 7) is 0. The Labute approximate surface area is 92.8 Å². The van der Waals surface area contributed by atoms with Crippen molar-refractivity contribution in [2.24, 2.45) is 0 Å². The smallest absolute Gasteiger partial charge is 0.168 e. The molecule has 3 heteroatoms. The van der Waals surface area contributed by atoms with Crippen molar-refractivity contribution in [3.8, 4) is 0 Å². The monoisotopic (exact) mass is 215 g/mol. The van der Waals surface area contributed by atoms with E-state index in [9.17, 15) is 9.18 Å². The van der Waals surface area contributed by atoms with Gasteiger partial charge in [-0.2, -0.15) is 0 Å². The zero-order valence-corrected chi connectivity index (χ0v) is 8.56. The molecule has 0 aliphatic carbocycles. The molecule has 0 aliphatic heterocycles. The molecule has 2 rings (SSSR count). The molecule has 0 saturated heterocycles. The van der Waals surface area contributed by atoms with Gasteiger partial charge in [0.25, 0.3) is 0 Å². The van der Waals surface area contributed by atoms with Gasteiger partial charge < -0.3 is 0 Å². The molecule has 0 saturated carbocycles. The van der Waals surface area contributed by atoms with Gasteiger partial charge in [-0.25, -0.2) is 4.39 Å². The Balaban J connectivity index is 2.18. The Morgan fingerprint density at radius 1 is 1.12 bits per heavy atom. The van der Waals surface area contributed by atoms with Crippen LogP contribution in [0.1, 0.15) is 16.1 Å². The Bertz CT molecular complexity index is 496. The molecular weight excluding hydrogens is 205 g/mol. The molecule has 1 heterocycles. The highest BCUT2D eigenvalue weighted by Crippen LogP contribution is 2.08. The fourth-order valence-corrected chi connectivity index (χ4v) is 1.43. The largest absolute Gasteiger partial charge is 0.294 e. The number of hydrogen-bond acceptors (Lipinski definition) is 2. The van der Waals surface area contributed by atoms with Crippen molar-refractivity contribution >= 4 is 5.78 Å². The topological polar surface area (TPSA) is 30.0 Å². The Morgan fingerprint density at radius 3 is 2.56 bits per heavy atom. The molecule has 0 radical (unpaired) electrons. The molecular formula is C13H10FNO. The predicted molar refractivity (Wildman–Crippen MR) is 58.7 cm³/mol. The van der Waals surface area contributed by atoms with E-state index in [2.05, 4.69) is 4.98 Å². The second-order valence-corrected chi connectivity index (χ2v) is 3.40. The number of nitrogens with zero attached hydrogens (tertiary/aromatic N) is 1. The number of rotatable bonds is 3. The molecule has 0 spiro atoms. The lowest BCUT2D eigenvalue weighted by Gasteiger charge is -2.01. The number of benzene rings is 1. The Morgan fingerprint density at radius 2 is 1.88 bits per heavy atom. The van der Waals surface area contributed by atoms with E-state index >= 15 is 0 Å². The molecule has 2 aromatic rings. The summed E-state index contributed by atoms with van der Waals surface area (Å²) < 4.78 is 13.3. The van der Waals surface area contributed by atoms with Gasteiger partial charge in [-0.3, -0.25) is 9.78 Å². The summed E-state index contributed by atoms with van der Waals surface area (Å²) in [6, 6.07) is 11.6. The summed E-state index contributed by atoms with van der Waals surface area (Å²) >= 11 is 0. The molecule has 2 nitrogen and oxygen atoms in total. The van der Waals surface area contributed by atoms with Crippen molar-refractivity contribution in [2.75, 3.05) is 0 Å². The normalized spacial score (nSPS) is 10.1. The number of hydrogen-bond donors (Lipinski definition) is 0. The van der Waals surface area contributed by atoms with E-state index in [1.54, 1.807) is 24.3 Å². The third-order valence-electron chi connectivity index (χ3n) is 2.26. The first-order valence-corrected chi connectivity index (χ1v) is 4.95. The SMILES string of the molecule is O=C(Cc1ncccc1F)c1ccccc1. The first-order chi connectivity index (χ1) is 7.77. The second-order valence-electron chi connectivity index (χ2n) is 3.40. The van der Waals surface area contributed by atoms with Crippen molar-refractivity contribution in [3.05, 3.63) is 65.7 Å². The van der Waals surface area contributed by atoms with E-state index in [0.29, 0.717) is 5.56 Å². The van der Waals surface area contributed by atoms with Crippen LogP contribution in [0.3, 0.4) is 0 Å². The maximum atomic E-state index is 13.3. The number of Topliss-reactive ketones (excluding diaryl/α,β-unsaturated/α-hetero) is 1. The third-order valence-corrected chi connectivity index (χ3v) is 2.26.